The highest BCUT2D eigenvalue weighted by molar-refractivity contribution is 5.94. The summed E-state index contributed by atoms with van der Waals surface area (Å²) < 4.78 is 1.46. The third kappa shape index (κ3) is 4.79. The van der Waals surface area contributed by atoms with E-state index in [2.05, 4.69) is 15.4 Å². The van der Waals surface area contributed by atoms with Crippen molar-refractivity contribution in [1.82, 2.24) is 24.8 Å². The zero-order valence-electron chi connectivity index (χ0n) is 19.0. The van der Waals surface area contributed by atoms with Crippen molar-refractivity contribution in [1.29, 1.82) is 0 Å². The van der Waals surface area contributed by atoms with Crippen molar-refractivity contribution in [3.05, 3.63) is 69.8 Å². The number of carbonyl (C=O) groups excluding carboxylic acids is 2. The van der Waals surface area contributed by atoms with Gasteiger partial charge in [-0.15, -0.1) is 0 Å². The number of aromatic nitrogens is 2. The first-order chi connectivity index (χ1) is 15.9. The molecule has 0 aliphatic carbocycles. The summed E-state index contributed by atoms with van der Waals surface area (Å²) in [5.74, 6) is -0.293. The molecule has 0 radical (unpaired) electrons. The fraction of sp³-hybridized carbons (Fsp3) is 0.333. The second-order valence-electron chi connectivity index (χ2n) is 8.16. The predicted molar refractivity (Wildman–Crippen MR) is 124 cm³/mol. The first-order valence-electron chi connectivity index (χ1n) is 10.9. The molecule has 9 heteroatoms. The first-order valence-corrected chi connectivity index (χ1v) is 10.9. The van der Waals surface area contributed by atoms with Crippen LogP contribution in [0, 0.1) is 6.92 Å². The summed E-state index contributed by atoms with van der Waals surface area (Å²) >= 11 is 0. The van der Waals surface area contributed by atoms with Gasteiger partial charge in [0.05, 0.1) is 29.7 Å². The maximum atomic E-state index is 13.4. The number of aryl methyl sites for hydroxylation is 1. The number of likely N-dealkylation sites (N-methyl/N-ethyl adjacent to an activating group) is 1. The van der Waals surface area contributed by atoms with Crippen LogP contribution in [-0.2, 0) is 16.2 Å². The Labute approximate surface area is 191 Å². The summed E-state index contributed by atoms with van der Waals surface area (Å²) in [6, 6.07) is 10.7. The van der Waals surface area contributed by atoms with E-state index in [-0.39, 0.29) is 17.4 Å². The van der Waals surface area contributed by atoms with Crippen molar-refractivity contribution >= 4 is 22.7 Å². The fourth-order valence-electron chi connectivity index (χ4n) is 3.85. The number of hydrogen-bond donors (Lipinski definition) is 1. The van der Waals surface area contributed by atoms with Gasteiger partial charge in [0.15, 0.2) is 0 Å². The van der Waals surface area contributed by atoms with Gasteiger partial charge < -0.3 is 4.90 Å². The van der Waals surface area contributed by atoms with Crippen molar-refractivity contribution < 1.29 is 14.4 Å². The van der Waals surface area contributed by atoms with Gasteiger partial charge in [0, 0.05) is 32.2 Å². The molecular weight excluding hydrogens is 422 g/mol. The molecule has 1 saturated heterocycles. The van der Waals surface area contributed by atoms with E-state index in [4.69, 9.17) is 4.84 Å². The second-order valence-corrected chi connectivity index (χ2v) is 8.16. The third-order valence-electron chi connectivity index (χ3n) is 5.80. The minimum Gasteiger partial charge on any atom is -0.343 e. The zero-order valence-corrected chi connectivity index (χ0v) is 19.0. The SMILES string of the molecule is CCONC(=O)c1ccc(C)c(-n2cnc3ccc(CN4CCN(C)C(=O)C4)cc3c2=O)c1. The van der Waals surface area contributed by atoms with Gasteiger partial charge in [0.25, 0.3) is 11.5 Å². The number of benzene rings is 2. The lowest BCUT2D eigenvalue weighted by Crippen LogP contribution is -2.47. The zero-order chi connectivity index (χ0) is 23.5. The lowest BCUT2D eigenvalue weighted by Gasteiger charge is -2.31. The van der Waals surface area contributed by atoms with E-state index in [1.807, 2.05) is 25.1 Å². The van der Waals surface area contributed by atoms with E-state index in [0.717, 1.165) is 17.7 Å². The van der Waals surface area contributed by atoms with Crippen LogP contribution in [0.4, 0.5) is 0 Å². The minimum atomic E-state index is -0.385. The van der Waals surface area contributed by atoms with Crippen molar-refractivity contribution in [2.24, 2.45) is 0 Å². The van der Waals surface area contributed by atoms with Gasteiger partial charge in [-0.25, -0.2) is 10.5 Å². The summed E-state index contributed by atoms with van der Waals surface area (Å²) in [5, 5.41) is 0.485. The van der Waals surface area contributed by atoms with Crippen LogP contribution in [0.5, 0.6) is 0 Å². The number of hydrogen-bond acceptors (Lipinski definition) is 6. The molecule has 9 nitrogen and oxygen atoms in total. The van der Waals surface area contributed by atoms with E-state index in [0.29, 0.717) is 48.4 Å². The van der Waals surface area contributed by atoms with E-state index in [1.165, 1.54) is 10.9 Å². The Kier molecular flexibility index (Phi) is 6.52. The summed E-state index contributed by atoms with van der Waals surface area (Å²) in [5.41, 5.74) is 5.47. The molecule has 0 atom stereocenters. The highest BCUT2D eigenvalue weighted by Crippen LogP contribution is 2.18. The van der Waals surface area contributed by atoms with Gasteiger partial charge in [-0.05, 0) is 49.2 Å². The van der Waals surface area contributed by atoms with Gasteiger partial charge in [-0.1, -0.05) is 12.1 Å². The molecule has 172 valence electrons. The molecule has 1 aliphatic rings. The number of carbonyl (C=O) groups is 2. The average molecular weight is 450 g/mol. The lowest BCUT2D eigenvalue weighted by molar-refractivity contribution is -0.134. The Balaban J connectivity index is 1.67. The van der Waals surface area contributed by atoms with Gasteiger partial charge in [0.2, 0.25) is 5.91 Å². The van der Waals surface area contributed by atoms with Crippen LogP contribution in [-0.4, -0.2) is 64.5 Å². The number of fused-ring (bicyclic) bond motifs is 1. The molecule has 0 bridgehead atoms. The molecule has 1 N–H and O–H groups in total. The average Bonchev–Trinajstić information content (AvgIpc) is 2.81. The van der Waals surface area contributed by atoms with Gasteiger partial charge in [-0.2, -0.15) is 0 Å². The monoisotopic (exact) mass is 449 g/mol. The number of amides is 2. The smallest absolute Gasteiger partial charge is 0.274 e. The topological polar surface area (TPSA) is 96.8 Å². The molecule has 0 spiro atoms. The van der Waals surface area contributed by atoms with Crippen molar-refractivity contribution in [3.63, 3.8) is 0 Å². The molecule has 0 unspecified atom stereocenters. The number of hydroxylamine groups is 1. The molecule has 0 saturated carbocycles. The van der Waals surface area contributed by atoms with Crippen molar-refractivity contribution in [2.75, 3.05) is 33.3 Å². The van der Waals surface area contributed by atoms with Gasteiger partial charge >= 0.3 is 0 Å². The van der Waals surface area contributed by atoms with E-state index in [9.17, 15) is 14.4 Å². The Morgan fingerprint density at radius 3 is 2.73 bits per heavy atom. The van der Waals surface area contributed by atoms with Crippen LogP contribution in [0.25, 0.3) is 16.6 Å². The summed E-state index contributed by atoms with van der Waals surface area (Å²) in [6.07, 6.45) is 1.48. The highest BCUT2D eigenvalue weighted by atomic mass is 16.6. The third-order valence-corrected chi connectivity index (χ3v) is 5.80. The van der Waals surface area contributed by atoms with E-state index < -0.39 is 0 Å². The maximum absolute atomic E-state index is 13.4. The standard InChI is InChI=1S/C24H27N5O4/c1-4-33-26-23(31)18-7-5-16(2)21(12-18)29-15-25-20-8-6-17(11-19(20)24(29)32)13-28-10-9-27(3)22(30)14-28/h5-8,11-12,15H,4,9-10,13-14H2,1-3H3,(H,26,31). The molecule has 33 heavy (non-hydrogen) atoms. The summed E-state index contributed by atoms with van der Waals surface area (Å²) in [4.78, 5) is 51.0. The summed E-state index contributed by atoms with van der Waals surface area (Å²) in [7, 11) is 1.81. The molecule has 4 rings (SSSR count). The van der Waals surface area contributed by atoms with Crippen LogP contribution in [0.2, 0.25) is 0 Å². The normalized spacial score (nSPS) is 14.6. The number of nitrogens with one attached hydrogen (secondary N) is 1. The Bertz CT molecular complexity index is 1270. The Hall–Kier alpha value is -3.56. The quantitative estimate of drug-likeness (QED) is 0.575. The van der Waals surface area contributed by atoms with E-state index >= 15 is 0 Å². The second kappa shape index (κ2) is 9.51. The van der Waals surface area contributed by atoms with Crippen molar-refractivity contribution in [2.45, 2.75) is 20.4 Å². The maximum Gasteiger partial charge on any atom is 0.274 e. The Morgan fingerprint density at radius 1 is 1.15 bits per heavy atom. The van der Waals surface area contributed by atoms with Crippen LogP contribution in [0.3, 0.4) is 0 Å². The van der Waals surface area contributed by atoms with Gasteiger partial charge in [0.1, 0.15) is 6.33 Å². The number of rotatable bonds is 6. The molecule has 1 aromatic heterocycles. The molecule has 1 aliphatic heterocycles. The van der Waals surface area contributed by atoms with E-state index in [1.54, 1.807) is 37.1 Å². The number of piperazine rings is 1. The van der Waals surface area contributed by atoms with Crippen LogP contribution < -0.4 is 11.0 Å². The highest BCUT2D eigenvalue weighted by Gasteiger charge is 2.21. The minimum absolute atomic E-state index is 0.0924. The van der Waals surface area contributed by atoms with Crippen LogP contribution in [0.1, 0.15) is 28.4 Å². The van der Waals surface area contributed by atoms with Crippen molar-refractivity contribution in [3.8, 4) is 5.69 Å². The van der Waals surface area contributed by atoms with Crippen LogP contribution >= 0.6 is 0 Å². The summed E-state index contributed by atoms with van der Waals surface area (Å²) in [6.45, 7) is 6.41. The molecule has 2 heterocycles. The van der Waals surface area contributed by atoms with Gasteiger partial charge in [-0.3, -0.25) is 28.7 Å². The largest absolute Gasteiger partial charge is 0.343 e. The first kappa shape index (κ1) is 22.6. The predicted octanol–water partition coefficient (Wildman–Crippen LogP) is 1.65. The molecule has 2 aromatic carbocycles. The fourth-order valence-corrected chi connectivity index (χ4v) is 3.85. The number of nitrogens with zero attached hydrogens (tertiary/aromatic N) is 4. The lowest BCUT2D eigenvalue weighted by atomic mass is 10.1. The molecule has 1 fully saturated rings. The van der Waals surface area contributed by atoms with Crippen LogP contribution in [0.15, 0.2) is 47.5 Å². The molecular formula is C24H27N5O4. The Morgan fingerprint density at radius 2 is 1.97 bits per heavy atom. The molecule has 3 aromatic rings. The molecule has 2 amide bonds.